The first-order chi connectivity index (χ1) is 8.10. The van der Waals surface area contributed by atoms with E-state index in [-0.39, 0.29) is 17.1 Å². The number of Topliss-reactive ketones (excluding diaryl/α,β-unsaturated/α-hetero) is 1. The van der Waals surface area contributed by atoms with Crippen molar-refractivity contribution < 1.29 is 9.90 Å². The standard InChI is InChI=1S/C14H15ClO2/c1-3-5-6-10(4-2)14(17)12-9-11(15)7-8-13(12)16/h4-9,16H,3H2,1-2H3/b6-5-,10-4+. The molecule has 0 saturated heterocycles. The minimum atomic E-state index is -0.225. The summed E-state index contributed by atoms with van der Waals surface area (Å²) >= 11 is 5.81. The molecule has 0 aliphatic rings. The van der Waals surface area contributed by atoms with Gasteiger partial charge in [-0.2, -0.15) is 0 Å². The van der Waals surface area contributed by atoms with Gasteiger partial charge in [-0.15, -0.1) is 0 Å². The van der Waals surface area contributed by atoms with Crippen molar-refractivity contribution in [2.75, 3.05) is 0 Å². The lowest BCUT2D eigenvalue weighted by molar-refractivity contribution is 0.103. The van der Waals surface area contributed by atoms with Gasteiger partial charge < -0.3 is 5.11 Å². The van der Waals surface area contributed by atoms with Crippen LogP contribution in [-0.4, -0.2) is 10.9 Å². The van der Waals surface area contributed by atoms with E-state index in [2.05, 4.69) is 0 Å². The van der Waals surface area contributed by atoms with Crippen molar-refractivity contribution in [3.63, 3.8) is 0 Å². The molecule has 0 aromatic heterocycles. The molecule has 90 valence electrons. The number of carbonyl (C=O) groups is 1. The number of carbonyl (C=O) groups excluding carboxylic acids is 1. The van der Waals surface area contributed by atoms with E-state index >= 15 is 0 Å². The second-order valence-corrected chi connectivity index (χ2v) is 3.98. The number of ketones is 1. The molecule has 0 spiro atoms. The SMILES string of the molecule is C/C=C(\C=C/CC)C(=O)c1cc(Cl)ccc1O. The van der Waals surface area contributed by atoms with Gasteiger partial charge in [-0.25, -0.2) is 0 Å². The topological polar surface area (TPSA) is 37.3 Å². The minimum Gasteiger partial charge on any atom is -0.507 e. The lowest BCUT2D eigenvalue weighted by Gasteiger charge is -2.05. The van der Waals surface area contributed by atoms with E-state index in [1.165, 1.54) is 12.1 Å². The highest BCUT2D eigenvalue weighted by molar-refractivity contribution is 6.31. The zero-order chi connectivity index (χ0) is 12.8. The van der Waals surface area contributed by atoms with Crippen molar-refractivity contribution in [2.24, 2.45) is 0 Å². The van der Waals surface area contributed by atoms with Crippen LogP contribution in [0.1, 0.15) is 30.6 Å². The third-order valence-corrected chi connectivity index (χ3v) is 2.54. The van der Waals surface area contributed by atoms with E-state index in [1.54, 1.807) is 25.1 Å². The molecule has 0 aliphatic heterocycles. The smallest absolute Gasteiger partial charge is 0.196 e. The summed E-state index contributed by atoms with van der Waals surface area (Å²) in [5, 5.41) is 10.1. The highest BCUT2D eigenvalue weighted by Gasteiger charge is 2.14. The second-order valence-electron chi connectivity index (χ2n) is 3.55. The fraction of sp³-hybridized carbons (Fsp3) is 0.214. The number of hydrogen-bond acceptors (Lipinski definition) is 2. The van der Waals surface area contributed by atoms with Crippen LogP contribution in [0.3, 0.4) is 0 Å². The maximum atomic E-state index is 12.1. The van der Waals surface area contributed by atoms with E-state index in [9.17, 15) is 9.90 Å². The van der Waals surface area contributed by atoms with Gasteiger partial charge in [0, 0.05) is 10.6 Å². The highest BCUT2D eigenvalue weighted by Crippen LogP contribution is 2.24. The number of phenols is 1. The number of aromatic hydroxyl groups is 1. The first-order valence-corrected chi connectivity index (χ1v) is 5.84. The molecule has 17 heavy (non-hydrogen) atoms. The number of halogens is 1. The van der Waals surface area contributed by atoms with Gasteiger partial charge in [0.05, 0.1) is 5.56 Å². The van der Waals surface area contributed by atoms with Crippen LogP contribution in [0.5, 0.6) is 5.75 Å². The Morgan fingerprint density at radius 3 is 2.76 bits per heavy atom. The third kappa shape index (κ3) is 3.46. The fourth-order valence-electron chi connectivity index (χ4n) is 1.39. The monoisotopic (exact) mass is 250 g/mol. The molecule has 0 aliphatic carbocycles. The van der Waals surface area contributed by atoms with E-state index < -0.39 is 0 Å². The Morgan fingerprint density at radius 2 is 2.18 bits per heavy atom. The summed E-state index contributed by atoms with van der Waals surface area (Å²) in [6.07, 6.45) is 6.22. The molecular formula is C14H15ClO2. The van der Waals surface area contributed by atoms with Gasteiger partial charge in [0.2, 0.25) is 0 Å². The predicted molar refractivity (Wildman–Crippen MR) is 70.6 cm³/mol. The molecule has 0 amide bonds. The lowest BCUT2D eigenvalue weighted by Crippen LogP contribution is -2.02. The third-order valence-electron chi connectivity index (χ3n) is 2.31. The van der Waals surface area contributed by atoms with Crippen LogP contribution in [0.25, 0.3) is 0 Å². The van der Waals surface area contributed by atoms with Crippen molar-refractivity contribution in [1.82, 2.24) is 0 Å². The van der Waals surface area contributed by atoms with Crippen molar-refractivity contribution in [1.29, 1.82) is 0 Å². The Morgan fingerprint density at radius 1 is 1.47 bits per heavy atom. The molecule has 0 radical (unpaired) electrons. The highest BCUT2D eigenvalue weighted by atomic mass is 35.5. The van der Waals surface area contributed by atoms with Crippen LogP contribution >= 0.6 is 11.6 Å². The summed E-state index contributed by atoms with van der Waals surface area (Å²) in [4.78, 5) is 12.1. The van der Waals surface area contributed by atoms with Crippen LogP contribution in [-0.2, 0) is 0 Å². The summed E-state index contributed by atoms with van der Waals surface area (Å²) in [5.74, 6) is -0.277. The average Bonchev–Trinajstić information content (AvgIpc) is 2.33. The Kier molecular flexibility index (Phi) is 4.98. The largest absolute Gasteiger partial charge is 0.507 e. The lowest BCUT2D eigenvalue weighted by atomic mass is 10.0. The first-order valence-electron chi connectivity index (χ1n) is 5.46. The van der Waals surface area contributed by atoms with Gasteiger partial charge in [0.1, 0.15) is 5.75 Å². The van der Waals surface area contributed by atoms with E-state index in [0.717, 1.165) is 6.42 Å². The molecule has 0 saturated carbocycles. The molecule has 0 atom stereocenters. The van der Waals surface area contributed by atoms with Crippen LogP contribution in [0.15, 0.2) is 42.0 Å². The summed E-state index contributed by atoms with van der Waals surface area (Å²) in [7, 11) is 0. The quantitative estimate of drug-likeness (QED) is 0.495. The Labute approximate surface area is 106 Å². The summed E-state index contributed by atoms with van der Waals surface area (Å²) in [6.45, 7) is 3.78. The first kappa shape index (κ1) is 13.5. The molecule has 1 aromatic carbocycles. The van der Waals surface area contributed by atoms with E-state index in [1.807, 2.05) is 13.0 Å². The Hall–Kier alpha value is -1.54. The maximum Gasteiger partial charge on any atom is 0.196 e. The molecular weight excluding hydrogens is 236 g/mol. The molecule has 0 heterocycles. The fourth-order valence-corrected chi connectivity index (χ4v) is 1.57. The van der Waals surface area contributed by atoms with Crippen LogP contribution < -0.4 is 0 Å². The van der Waals surface area contributed by atoms with E-state index in [4.69, 9.17) is 11.6 Å². The van der Waals surface area contributed by atoms with Gasteiger partial charge in [0.25, 0.3) is 0 Å². The zero-order valence-corrected chi connectivity index (χ0v) is 10.7. The van der Waals surface area contributed by atoms with Gasteiger partial charge in [-0.3, -0.25) is 4.79 Å². The molecule has 1 rings (SSSR count). The molecule has 0 unspecified atom stereocenters. The molecule has 3 heteroatoms. The van der Waals surface area contributed by atoms with Crippen LogP contribution in [0.2, 0.25) is 5.02 Å². The van der Waals surface area contributed by atoms with Crippen molar-refractivity contribution in [3.05, 3.63) is 52.6 Å². The average molecular weight is 251 g/mol. The van der Waals surface area contributed by atoms with Crippen molar-refractivity contribution >= 4 is 17.4 Å². The Balaban J connectivity index is 3.11. The van der Waals surface area contributed by atoms with Gasteiger partial charge >= 0.3 is 0 Å². The van der Waals surface area contributed by atoms with E-state index in [0.29, 0.717) is 10.6 Å². The van der Waals surface area contributed by atoms with Crippen molar-refractivity contribution in [3.8, 4) is 5.75 Å². The predicted octanol–water partition coefficient (Wildman–Crippen LogP) is 4.14. The molecule has 2 nitrogen and oxygen atoms in total. The van der Waals surface area contributed by atoms with Crippen LogP contribution in [0, 0.1) is 0 Å². The van der Waals surface area contributed by atoms with Crippen LogP contribution in [0.4, 0.5) is 0 Å². The van der Waals surface area contributed by atoms with Gasteiger partial charge in [0.15, 0.2) is 5.78 Å². The minimum absolute atomic E-state index is 0.0522. The number of rotatable bonds is 4. The Bertz CT molecular complexity index is 473. The molecule has 0 bridgehead atoms. The maximum absolute atomic E-state index is 12.1. The summed E-state index contributed by atoms with van der Waals surface area (Å²) < 4.78 is 0. The van der Waals surface area contributed by atoms with Gasteiger partial charge in [-0.1, -0.05) is 36.8 Å². The molecule has 0 fully saturated rings. The van der Waals surface area contributed by atoms with Crippen molar-refractivity contribution in [2.45, 2.75) is 20.3 Å². The number of phenolic OH excluding ortho intramolecular Hbond substituents is 1. The summed E-state index contributed by atoms with van der Waals surface area (Å²) in [6, 6.07) is 4.44. The normalized spacial score (nSPS) is 12.1. The van der Waals surface area contributed by atoms with Gasteiger partial charge in [-0.05, 0) is 31.5 Å². The number of allylic oxidation sites excluding steroid dienone is 4. The number of benzene rings is 1. The molecule has 1 aromatic rings. The number of hydrogen-bond donors (Lipinski definition) is 1. The molecule has 1 N–H and O–H groups in total. The zero-order valence-electron chi connectivity index (χ0n) is 9.90. The second kappa shape index (κ2) is 6.26. The summed E-state index contributed by atoms with van der Waals surface area (Å²) in [5.41, 5.74) is 0.774.